The average molecular weight is 177 g/mol. The first-order valence-electron chi connectivity index (χ1n) is 4.54. The van der Waals surface area contributed by atoms with Crippen LogP contribution in [0.3, 0.4) is 0 Å². The van der Waals surface area contributed by atoms with Crippen LogP contribution in [0.2, 0.25) is 0 Å². The third kappa shape index (κ3) is 2.16. The standard InChI is InChI=1S/C9H17F2N/c1-7(2)8(3)12-5-4-9(10,11)6-12/h7-8H,4-6H2,1-3H3. The lowest BCUT2D eigenvalue weighted by molar-refractivity contribution is 0.00616. The molecule has 12 heavy (non-hydrogen) atoms. The lowest BCUT2D eigenvalue weighted by atomic mass is 10.1. The molecule has 1 saturated heterocycles. The van der Waals surface area contributed by atoms with Crippen LogP contribution in [0.25, 0.3) is 0 Å². The number of rotatable bonds is 2. The van der Waals surface area contributed by atoms with Crippen molar-refractivity contribution in [3.8, 4) is 0 Å². The molecule has 0 N–H and O–H groups in total. The predicted molar refractivity (Wildman–Crippen MR) is 45.4 cm³/mol. The summed E-state index contributed by atoms with van der Waals surface area (Å²) in [6, 6.07) is 0.276. The number of hydrogen-bond donors (Lipinski definition) is 0. The van der Waals surface area contributed by atoms with E-state index in [0.717, 1.165) is 0 Å². The van der Waals surface area contributed by atoms with Gasteiger partial charge in [0.15, 0.2) is 0 Å². The monoisotopic (exact) mass is 177 g/mol. The van der Waals surface area contributed by atoms with E-state index in [4.69, 9.17) is 0 Å². The topological polar surface area (TPSA) is 3.24 Å². The summed E-state index contributed by atoms with van der Waals surface area (Å²) in [5.41, 5.74) is 0. The fraction of sp³-hybridized carbons (Fsp3) is 1.00. The molecule has 0 saturated carbocycles. The molecule has 1 rings (SSSR count). The summed E-state index contributed by atoms with van der Waals surface area (Å²) in [5, 5.41) is 0. The quantitative estimate of drug-likeness (QED) is 0.626. The summed E-state index contributed by atoms with van der Waals surface area (Å²) >= 11 is 0. The predicted octanol–water partition coefficient (Wildman–Crippen LogP) is 2.37. The van der Waals surface area contributed by atoms with Gasteiger partial charge in [-0.1, -0.05) is 13.8 Å². The molecule has 0 aromatic rings. The fourth-order valence-electron chi connectivity index (χ4n) is 1.53. The minimum Gasteiger partial charge on any atom is -0.294 e. The highest BCUT2D eigenvalue weighted by Gasteiger charge is 2.40. The van der Waals surface area contributed by atoms with E-state index >= 15 is 0 Å². The van der Waals surface area contributed by atoms with Crippen LogP contribution in [0.15, 0.2) is 0 Å². The van der Waals surface area contributed by atoms with Crippen LogP contribution in [0.5, 0.6) is 0 Å². The molecule has 0 amide bonds. The average Bonchev–Trinajstić information content (AvgIpc) is 2.28. The molecule has 3 heteroatoms. The van der Waals surface area contributed by atoms with Crippen LogP contribution in [-0.2, 0) is 0 Å². The summed E-state index contributed by atoms with van der Waals surface area (Å²) < 4.78 is 25.6. The molecule has 72 valence electrons. The first-order valence-corrected chi connectivity index (χ1v) is 4.54. The van der Waals surface area contributed by atoms with Gasteiger partial charge in [-0.3, -0.25) is 4.90 Å². The highest BCUT2D eigenvalue weighted by atomic mass is 19.3. The van der Waals surface area contributed by atoms with E-state index in [0.29, 0.717) is 12.5 Å². The zero-order valence-corrected chi connectivity index (χ0v) is 7.98. The van der Waals surface area contributed by atoms with Gasteiger partial charge in [0.2, 0.25) is 0 Å². The van der Waals surface area contributed by atoms with Crippen molar-refractivity contribution in [3.05, 3.63) is 0 Å². The lowest BCUT2D eigenvalue weighted by Gasteiger charge is -2.26. The van der Waals surface area contributed by atoms with Gasteiger partial charge in [-0.2, -0.15) is 0 Å². The highest BCUT2D eigenvalue weighted by Crippen LogP contribution is 2.29. The van der Waals surface area contributed by atoms with Gasteiger partial charge in [0.1, 0.15) is 0 Å². The maximum Gasteiger partial charge on any atom is 0.261 e. The molecule has 1 atom stereocenters. The van der Waals surface area contributed by atoms with Gasteiger partial charge < -0.3 is 0 Å². The van der Waals surface area contributed by atoms with E-state index in [9.17, 15) is 8.78 Å². The van der Waals surface area contributed by atoms with Gasteiger partial charge >= 0.3 is 0 Å². The molecular weight excluding hydrogens is 160 g/mol. The van der Waals surface area contributed by atoms with Gasteiger partial charge in [-0.15, -0.1) is 0 Å². The van der Waals surface area contributed by atoms with Gasteiger partial charge in [-0.25, -0.2) is 8.78 Å². The van der Waals surface area contributed by atoms with Gasteiger partial charge in [0.05, 0.1) is 6.54 Å². The number of likely N-dealkylation sites (tertiary alicyclic amines) is 1. The Kier molecular flexibility index (Phi) is 2.71. The van der Waals surface area contributed by atoms with Gasteiger partial charge in [0.25, 0.3) is 5.92 Å². The van der Waals surface area contributed by atoms with Crippen molar-refractivity contribution < 1.29 is 8.78 Å². The van der Waals surface area contributed by atoms with Crippen molar-refractivity contribution in [1.29, 1.82) is 0 Å². The summed E-state index contributed by atoms with van der Waals surface area (Å²) in [6.45, 7) is 6.66. The number of halogens is 2. The van der Waals surface area contributed by atoms with Crippen molar-refractivity contribution in [2.75, 3.05) is 13.1 Å². The highest BCUT2D eigenvalue weighted by molar-refractivity contribution is 4.85. The second kappa shape index (κ2) is 3.29. The summed E-state index contributed by atoms with van der Waals surface area (Å²) in [7, 11) is 0. The molecule has 0 aromatic carbocycles. The van der Waals surface area contributed by atoms with E-state index in [2.05, 4.69) is 13.8 Å². The Morgan fingerprint density at radius 3 is 2.17 bits per heavy atom. The first-order chi connectivity index (χ1) is 5.42. The third-order valence-corrected chi connectivity index (χ3v) is 2.74. The Morgan fingerprint density at radius 2 is 1.83 bits per heavy atom. The Labute approximate surface area is 72.7 Å². The Hall–Kier alpha value is -0.180. The van der Waals surface area contributed by atoms with E-state index in [-0.39, 0.29) is 19.0 Å². The smallest absolute Gasteiger partial charge is 0.261 e. The van der Waals surface area contributed by atoms with Crippen molar-refractivity contribution in [3.63, 3.8) is 0 Å². The van der Waals surface area contributed by atoms with E-state index < -0.39 is 5.92 Å². The van der Waals surface area contributed by atoms with Crippen LogP contribution in [0.1, 0.15) is 27.2 Å². The molecule has 0 spiro atoms. The number of nitrogens with zero attached hydrogens (tertiary/aromatic N) is 1. The first kappa shape index (κ1) is 9.90. The van der Waals surface area contributed by atoms with E-state index in [1.165, 1.54) is 0 Å². The molecule has 1 aliphatic heterocycles. The molecule has 1 nitrogen and oxygen atoms in total. The van der Waals surface area contributed by atoms with Crippen molar-refractivity contribution in [2.45, 2.75) is 39.2 Å². The Bertz CT molecular complexity index is 157. The molecule has 0 aliphatic carbocycles. The van der Waals surface area contributed by atoms with Crippen molar-refractivity contribution in [1.82, 2.24) is 4.90 Å². The summed E-state index contributed by atoms with van der Waals surface area (Å²) in [5.74, 6) is -1.98. The number of hydrogen-bond acceptors (Lipinski definition) is 1. The maximum absolute atomic E-state index is 12.8. The molecular formula is C9H17F2N. The van der Waals surface area contributed by atoms with E-state index in [1.54, 1.807) is 0 Å². The minimum atomic E-state index is -2.44. The van der Waals surface area contributed by atoms with Crippen LogP contribution in [-0.4, -0.2) is 30.0 Å². The zero-order chi connectivity index (χ0) is 9.35. The normalized spacial score (nSPS) is 26.5. The minimum absolute atomic E-state index is 0.0318. The Balaban J connectivity index is 2.47. The molecule has 1 heterocycles. The van der Waals surface area contributed by atoms with E-state index in [1.807, 2.05) is 11.8 Å². The molecule has 0 radical (unpaired) electrons. The van der Waals surface area contributed by atoms with Crippen LogP contribution in [0, 0.1) is 5.92 Å². The lowest BCUT2D eigenvalue weighted by Crippen LogP contribution is -2.36. The largest absolute Gasteiger partial charge is 0.294 e. The summed E-state index contributed by atoms with van der Waals surface area (Å²) in [4.78, 5) is 1.88. The van der Waals surface area contributed by atoms with Crippen molar-refractivity contribution >= 4 is 0 Å². The zero-order valence-electron chi connectivity index (χ0n) is 7.98. The molecule has 1 fully saturated rings. The van der Waals surface area contributed by atoms with Crippen LogP contribution in [0.4, 0.5) is 8.78 Å². The fourth-order valence-corrected chi connectivity index (χ4v) is 1.53. The van der Waals surface area contributed by atoms with Crippen molar-refractivity contribution in [2.24, 2.45) is 5.92 Å². The second-order valence-corrected chi connectivity index (χ2v) is 4.06. The third-order valence-electron chi connectivity index (χ3n) is 2.74. The molecule has 0 aromatic heterocycles. The van der Waals surface area contributed by atoms with Gasteiger partial charge in [0, 0.05) is 19.0 Å². The van der Waals surface area contributed by atoms with Crippen LogP contribution < -0.4 is 0 Å². The van der Waals surface area contributed by atoms with Gasteiger partial charge in [-0.05, 0) is 12.8 Å². The summed E-state index contributed by atoms with van der Waals surface area (Å²) in [6.07, 6.45) is 0.0318. The Morgan fingerprint density at radius 1 is 1.25 bits per heavy atom. The van der Waals surface area contributed by atoms with Crippen LogP contribution >= 0.6 is 0 Å². The molecule has 1 aliphatic rings. The number of alkyl halides is 2. The molecule has 1 unspecified atom stereocenters. The molecule has 0 bridgehead atoms. The maximum atomic E-state index is 12.8. The SMILES string of the molecule is CC(C)C(C)N1CCC(F)(F)C1. The second-order valence-electron chi connectivity index (χ2n) is 4.06.